The summed E-state index contributed by atoms with van der Waals surface area (Å²) in [5.41, 5.74) is 0.809. The Morgan fingerprint density at radius 1 is 1.35 bits per heavy atom. The van der Waals surface area contributed by atoms with Crippen LogP contribution in [0.3, 0.4) is 0 Å². The average Bonchev–Trinajstić information content (AvgIpc) is 3.29. The number of nitrogens with one attached hydrogen (secondary N) is 1. The molecule has 138 valence electrons. The zero-order chi connectivity index (χ0) is 18.0. The Balaban J connectivity index is 1.37. The summed E-state index contributed by atoms with van der Waals surface area (Å²) in [5, 5.41) is 2.94. The molecular weight excluding hydrogens is 335 g/mol. The smallest absolute Gasteiger partial charge is 0.221 e. The summed E-state index contributed by atoms with van der Waals surface area (Å²) in [6.07, 6.45) is 2.04. The van der Waals surface area contributed by atoms with E-state index >= 15 is 0 Å². The molecular formula is C20H23FN2O3. The second-order valence-corrected chi connectivity index (χ2v) is 7.41. The summed E-state index contributed by atoms with van der Waals surface area (Å²) in [7, 11) is 0. The maximum atomic E-state index is 13.4. The predicted molar refractivity (Wildman–Crippen MR) is 93.6 cm³/mol. The molecule has 2 aliphatic heterocycles. The molecule has 0 aliphatic carbocycles. The third kappa shape index (κ3) is 3.66. The predicted octanol–water partition coefficient (Wildman–Crippen LogP) is 2.57. The van der Waals surface area contributed by atoms with Gasteiger partial charge in [0, 0.05) is 37.4 Å². The number of likely N-dealkylation sites (tertiary alicyclic amines) is 1. The highest BCUT2D eigenvalue weighted by atomic mass is 19.1. The number of hydrogen-bond acceptors (Lipinski definition) is 4. The second kappa shape index (κ2) is 7.21. The van der Waals surface area contributed by atoms with Gasteiger partial charge in [-0.1, -0.05) is 12.1 Å². The van der Waals surface area contributed by atoms with Gasteiger partial charge in [-0.15, -0.1) is 0 Å². The van der Waals surface area contributed by atoms with Gasteiger partial charge in [0.15, 0.2) is 0 Å². The molecule has 2 aliphatic rings. The van der Waals surface area contributed by atoms with Gasteiger partial charge >= 0.3 is 0 Å². The lowest BCUT2D eigenvalue weighted by Crippen LogP contribution is -2.37. The van der Waals surface area contributed by atoms with Gasteiger partial charge in [-0.2, -0.15) is 0 Å². The van der Waals surface area contributed by atoms with Crippen molar-refractivity contribution in [2.24, 2.45) is 11.3 Å². The fourth-order valence-electron chi connectivity index (χ4n) is 4.19. The largest absolute Gasteiger partial charge is 0.467 e. The standard InChI is InChI=1S/C20H23FN2O3/c21-17-4-1-3-15(7-17)10-23-11-16-12-25-14-20(16,13-23)8-19(24)22-9-18-5-2-6-26-18/h1-7,16H,8-14H2,(H,22,24)/t16-,20+/m1/s1. The minimum absolute atomic E-state index is 0.0181. The van der Waals surface area contributed by atoms with Gasteiger partial charge < -0.3 is 14.5 Å². The number of ether oxygens (including phenoxy) is 1. The molecule has 3 heterocycles. The molecule has 0 saturated carbocycles. The van der Waals surface area contributed by atoms with E-state index in [-0.39, 0.29) is 17.1 Å². The summed E-state index contributed by atoms with van der Waals surface area (Å²) in [6, 6.07) is 10.4. The molecule has 0 unspecified atom stereocenters. The summed E-state index contributed by atoms with van der Waals surface area (Å²) in [6.45, 7) is 4.06. The Bertz CT molecular complexity index is 764. The van der Waals surface area contributed by atoms with Crippen molar-refractivity contribution >= 4 is 5.91 Å². The first kappa shape index (κ1) is 17.2. The fourth-order valence-corrected chi connectivity index (χ4v) is 4.19. The third-order valence-electron chi connectivity index (χ3n) is 5.44. The zero-order valence-electron chi connectivity index (χ0n) is 14.6. The molecule has 6 heteroatoms. The number of benzene rings is 1. The molecule has 0 bridgehead atoms. The molecule has 2 fully saturated rings. The second-order valence-electron chi connectivity index (χ2n) is 7.41. The van der Waals surface area contributed by atoms with Gasteiger partial charge in [0.05, 0.1) is 26.0 Å². The molecule has 2 saturated heterocycles. The lowest BCUT2D eigenvalue weighted by Gasteiger charge is -2.26. The van der Waals surface area contributed by atoms with Crippen molar-refractivity contribution in [2.45, 2.75) is 19.5 Å². The SMILES string of the molecule is O=C(C[C@]12COC[C@H]1CN(Cc1cccc(F)c1)C2)NCc1ccco1. The maximum Gasteiger partial charge on any atom is 0.221 e. The maximum absolute atomic E-state index is 13.4. The summed E-state index contributed by atoms with van der Waals surface area (Å²) < 4.78 is 24.4. The monoisotopic (exact) mass is 358 g/mol. The molecule has 26 heavy (non-hydrogen) atoms. The van der Waals surface area contributed by atoms with E-state index < -0.39 is 0 Å². The van der Waals surface area contributed by atoms with E-state index in [0.29, 0.717) is 38.6 Å². The Morgan fingerprint density at radius 2 is 2.27 bits per heavy atom. The first-order valence-corrected chi connectivity index (χ1v) is 8.97. The first-order valence-electron chi connectivity index (χ1n) is 8.97. The molecule has 0 radical (unpaired) electrons. The molecule has 4 rings (SSSR count). The molecule has 2 aromatic rings. The van der Waals surface area contributed by atoms with Crippen LogP contribution in [0, 0.1) is 17.2 Å². The van der Waals surface area contributed by atoms with Crippen LogP contribution >= 0.6 is 0 Å². The summed E-state index contributed by atoms with van der Waals surface area (Å²) >= 11 is 0. The van der Waals surface area contributed by atoms with E-state index in [1.165, 1.54) is 6.07 Å². The van der Waals surface area contributed by atoms with Gasteiger partial charge in [0.25, 0.3) is 0 Å². The number of fused-ring (bicyclic) bond motifs is 1. The summed E-state index contributed by atoms with van der Waals surface area (Å²) in [4.78, 5) is 14.8. The van der Waals surface area contributed by atoms with Gasteiger partial charge in [-0.3, -0.25) is 9.69 Å². The van der Waals surface area contributed by atoms with E-state index in [0.717, 1.165) is 24.4 Å². The quantitative estimate of drug-likeness (QED) is 0.862. The Hall–Kier alpha value is -2.18. The minimum atomic E-state index is -0.211. The van der Waals surface area contributed by atoms with Crippen molar-refractivity contribution in [2.75, 3.05) is 26.3 Å². The number of furan rings is 1. The lowest BCUT2D eigenvalue weighted by atomic mass is 9.78. The number of halogens is 1. The van der Waals surface area contributed by atoms with Crippen LogP contribution < -0.4 is 5.32 Å². The van der Waals surface area contributed by atoms with E-state index in [1.54, 1.807) is 18.4 Å². The third-order valence-corrected chi connectivity index (χ3v) is 5.44. The highest BCUT2D eigenvalue weighted by Crippen LogP contribution is 2.44. The first-order chi connectivity index (χ1) is 12.6. The van der Waals surface area contributed by atoms with E-state index in [9.17, 15) is 9.18 Å². The molecule has 1 N–H and O–H groups in total. The molecule has 1 amide bonds. The minimum Gasteiger partial charge on any atom is -0.467 e. The fraction of sp³-hybridized carbons (Fsp3) is 0.450. The van der Waals surface area contributed by atoms with Crippen molar-refractivity contribution in [1.29, 1.82) is 0 Å². The van der Waals surface area contributed by atoms with Gasteiger partial charge in [-0.25, -0.2) is 4.39 Å². The van der Waals surface area contributed by atoms with Crippen LogP contribution in [-0.2, 0) is 22.6 Å². The van der Waals surface area contributed by atoms with Crippen LogP contribution in [-0.4, -0.2) is 37.1 Å². The topological polar surface area (TPSA) is 54.7 Å². The molecule has 2 atom stereocenters. The Kier molecular flexibility index (Phi) is 4.78. The number of hydrogen-bond donors (Lipinski definition) is 1. The van der Waals surface area contributed by atoms with Crippen LogP contribution in [0.15, 0.2) is 47.1 Å². The van der Waals surface area contributed by atoms with Crippen LogP contribution in [0.2, 0.25) is 0 Å². The van der Waals surface area contributed by atoms with Crippen LogP contribution in [0.4, 0.5) is 4.39 Å². The highest BCUT2D eigenvalue weighted by molar-refractivity contribution is 5.76. The van der Waals surface area contributed by atoms with Crippen molar-refractivity contribution in [1.82, 2.24) is 10.2 Å². The normalized spacial score (nSPS) is 25.3. The number of rotatable bonds is 6. The Morgan fingerprint density at radius 3 is 3.08 bits per heavy atom. The highest BCUT2D eigenvalue weighted by Gasteiger charge is 2.51. The number of carbonyl (C=O) groups is 1. The van der Waals surface area contributed by atoms with Gasteiger partial charge in [-0.05, 0) is 29.8 Å². The van der Waals surface area contributed by atoms with Crippen molar-refractivity contribution in [3.63, 3.8) is 0 Å². The number of carbonyl (C=O) groups excluding carboxylic acids is 1. The average molecular weight is 358 g/mol. The lowest BCUT2D eigenvalue weighted by molar-refractivity contribution is -0.124. The van der Waals surface area contributed by atoms with Crippen molar-refractivity contribution in [3.05, 3.63) is 59.8 Å². The Labute approximate surface area is 152 Å². The van der Waals surface area contributed by atoms with Crippen LogP contribution in [0.1, 0.15) is 17.7 Å². The molecule has 0 spiro atoms. The van der Waals surface area contributed by atoms with E-state index in [1.807, 2.05) is 18.2 Å². The summed E-state index contributed by atoms with van der Waals surface area (Å²) in [5.74, 6) is 0.890. The van der Waals surface area contributed by atoms with Crippen molar-refractivity contribution < 1.29 is 18.3 Å². The molecule has 1 aromatic carbocycles. The number of amides is 1. The van der Waals surface area contributed by atoms with Gasteiger partial charge in [0.1, 0.15) is 11.6 Å². The molecule has 1 aromatic heterocycles. The molecule has 5 nitrogen and oxygen atoms in total. The van der Waals surface area contributed by atoms with Crippen LogP contribution in [0.5, 0.6) is 0 Å². The number of nitrogens with zero attached hydrogens (tertiary/aromatic N) is 1. The van der Waals surface area contributed by atoms with E-state index in [2.05, 4.69) is 10.2 Å². The van der Waals surface area contributed by atoms with Crippen LogP contribution in [0.25, 0.3) is 0 Å². The zero-order valence-corrected chi connectivity index (χ0v) is 14.6. The van der Waals surface area contributed by atoms with Crippen molar-refractivity contribution in [3.8, 4) is 0 Å². The van der Waals surface area contributed by atoms with E-state index in [4.69, 9.17) is 9.15 Å². The van der Waals surface area contributed by atoms with Gasteiger partial charge in [0.2, 0.25) is 5.91 Å².